The molecule has 0 atom stereocenters. The minimum absolute atomic E-state index is 0.347. The third-order valence-corrected chi connectivity index (χ3v) is 2.88. The summed E-state index contributed by atoms with van der Waals surface area (Å²) in [6.07, 6.45) is 1.88. The molecule has 0 unspecified atom stereocenters. The van der Waals surface area contributed by atoms with Crippen molar-refractivity contribution in [3.05, 3.63) is 29.8 Å². The molecule has 0 aliphatic carbocycles. The summed E-state index contributed by atoms with van der Waals surface area (Å²) in [7, 11) is 0. The molecule has 1 aromatic rings. The molecule has 1 saturated heterocycles. The Morgan fingerprint density at radius 1 is 1.22 bits per heavy atom. The van der Waals surface area contributed by atoms with Crippen LogP contribution in [0.4, 0.5) is 5.69 Å². The van der Waals surface area contributed by atoms with Gasteiger partial charge in [0.05, 0.1) is 11.3 Å². The van der Waals surface area contributed by atoms with Gasteiger partial charge in [0, 0.05) is 13.1 Å². The van der Waals surface area contributed by atoms with Crippen LogP contribution in [0.1, 0.15) is 18.4 Å². The standard InChI is InChI=1S/C13H13N3O2/c14-9-10-5-1-2-6-11(10)15-12(17)13(18)16-7-3-4-8-16/h1-2,5-6H,3-4,7-8H2,(H,15,17). The van der Waals surface area contributed by atoms with Crippen molar-refractivity contribution in [3.8, 4) is 6.07 Å². The summed E-state index contributed by atoms with van der Waals surface area (Å²) in [6, 6.07) is 8.58. The number of carbonyl (C=O) groups excluding carboxylic acids is 2. The molecular formula is C13H13N3O2. The summed E-state index contributed by atoms with van der Waals surface area (Å²) >= 11 is 0. The van der Waals surface area contributed by atoms with Gasteiger partial charge in [-0.1, -0.05) is 12.1 Å². The largest absolute Gasteiger partial charge is 0.334 e. The van der Waals surface area contributed by atoms with Gasteiger partial charge < -0.3 is 10.2 Å². The molecular weight excluding hydrogens is 230 g/mol. The Morgan fingerprint density at radius 3 is 2.56 bits per heavy atom. The van der Waals surface area contributed by atoms with Gasteiger partial charge in [0.25, 0.3) is 0 Å². The van der Waals surface area contributed by atoms with Crippen molar-refractivity contribution >= 4 is 17.5 Å². The second-order valence-corrected chi connectivity index (χ2v) is 4.11. The Morgan fingerprint density at radius 2 is 1.89 bits per heavy atom. The smallest absolute Gasteiger partial charge is 0.313 e. The fourth-order valence-corrected chi connectivity index (χ4v) is 1.93. The van der Waals surface area contributed by atoms with E-state index in [4.69, 9.17) is 5.26 Å². The fourth-order valence-electron chi connectivity index (χ4n) is 1.93. The highest BCUT2D eigenvalue weighted by Gasteiger charge is 2.24. The highest BCUT2D eigenvalue weighted by molar-refractivity contribution is 6.39. The molecule has 2 amide bonds. The number of carbonyl (C=O) groups is 2. The van der Waals surface area contributed by atoms with E-state index >= 15 is 0 Å². The molecule has 1 fully saturated rings. The first-order valence-electron chi connectivity index (χ1n) is 5.82. The summed E-state index contributed by atoms with van der Waals surface area (Å²) in [5.41, 5.74) is 0.720. The van der Waals surface area contributed by atoms with E-state index in [0.717, 1.165) is 12.8 Å². The van der Waals surface area contributed by atoms with Gasteiger partial charge >= 0.3 is 11.8 Å². The van der Waals surface area contributed by atoms with Crippen molar-refractivity contribution in [2.75, 3.05) is 18.4 Å². The van der Waals surface area contributed by atoms with Crippen LogP contribution in [0.25, 0.3) is 0 Å². The molecule has 1 aliphatic rings. The molecule has 2 rings (SSSR count). The maximum atomic E-state index is 11.8. The normalized spacial score (nSPS) is 14.1. The highest BCUT2D eigenvalue weighted by atomic mass is 16.2. The van der Waals surface area contributed by atoms with Crippen LogP contribution in [0.5, 0.6) is 0 Å². The maximum Gasteiger partial charge on any atom is 0.313 e. The number of nitrogens with one attached hydrogen (secondary N) is 1. The maximum absolute atomic E-state index is 11.8. The van der Waals surface area contributed by atoms with Crippen LogP contribution in [0.15, 0.2) is 24.3 Å². The van der Waals surface area contributed by atoms with E-state index in [1.165, 1.54) is 4.90 Å². The van der Waals surface area contributed by atoms with Crippen LogP contribution in [-0.2, 0) is 9.59 Å². The number of anilines is 1. The number of hydrogen-bond acceptors (Lipinski definition) is 3. The van der Waals surface area contributed by atoms with E-state index in [9.17, 15) is 9.59 Å². The van der Waals surface area contributed by atoms with E-state index in [1.54, 1.807) is 24.3 Å². The molecule has 0 saturated carbocycles. The molecule has 5 nitrogen and oxygen atoms in total. The number of hydrogen-bond donors (Lipinski definition) is 1. The molecule has 1 heterocycles. The van der Waals surface area contributed by atoms with Crippen LogP contribution in [-0.4, -0.2) is 29.8 Å². The molecule has 0 aromatic heterocycles. The molecule has 0 spiro atoms. The van der Waals surface area contributed by atoms with E-state index < -0.39 is 11.8 Å². The average Bonchev–Trinajstić information content (AvgIpc) is 2.92. The number of likely N-dealkylation sites (tertiary alicyclic amines) is 1. The molecule has 0 bridgehead atoms. The predicted octanol–water partition coefficient (Wildman–Crippen LogP) is 1.12. The Balaban J connectivity index is 2.07. The molecule has 0 radical (unpaired) electrons. The number of rotatable bonds is 1. The van der Waals surface area contributed by atoms with Crippen molar-refractivity contribution in [1.29, 1.82) is 5.26 Å². The van der Waals surface area contributed by atoms with Crippen molar-refractivity contribution in [2.45, 2.75) is 12.8 Å². The van der Waals surface area contributed by atoms with E-state index in [1.807, 2.05) is 6.07 Å². The number of amides is 2. The lowest BCUT2D eigenvalue weighted by molar-refractivity contribution is -0.142. The van der Waals surface area contributed by atoms with Crippen LogP contribution in [0.3, 0.4) is 0 Å². The number of nitrogens with zero attached hydrogens (tertiary/aromatic N) is 2. The van der Waals surface area contributed by atoms with Gasteiger partial charge in [-0.25, -0.2) is 0 Å². The molecule has 5 heteroatoms. The van der Waals surface area contributed by atoms with Crippen molar-refractivity contribution in [3.63, 3.8) is 0 Å². The molecule has 1 aliphatic heterocycles. The number of para-hydroxylation sites is 1. The summed E-state index contributed by atoms with van der Waals surface area (Å²) in [4.78, 5) is 25.1. The zero-order chi connectivity index (χ0) is 13.0. The average molecular weight is 243 g/mol. The van der Waals surface area contributed by atoms with Gasteiger partial charge in [-0.15, -0.1) is 0 Å². The van der Waals surface area contributed by atoms with Crippen LogP contribution < -0.4 is 5.32 Å². The minimum Gasteiger partial charge on any atom is -0.334 e. The molecule has 1 aromatic carbocycles. The first-order chi connectivity index (χ1) is 8.72. The second-order valence-electron chi connectivity index (χ2n) is 4.11. The van der Waals surface area contributed by atoms with Crippen LogP contribution >= 0.6 is 0 Å². The summed E-state index contributed by atoms with van der Waals surface area (Å²) < 4.78 is 0. The first kappa shape index (κ1) is 12.1. The Labute approximate surface area is 105 Å². The number of nitriles is 1. The summed E-state index contributed by atoms with van der Waals surface area (Å²) in [6.45, 7) is 1.26. The first-order valence-corrected chi connectivity index (χ1v) is 5.82. The quantitative estimate of drug-likeness (QED) is 0.751. The van der Waals surface area contributed by atoms with Gasteiger partial charge in [0.1, 0.15) is 6.07 Å². The molecule has 1 N–H and O–H groups in total. The zero-order valence-corrected chi connectivity index (χ0v) is 9.85. The van der Waals surface area contributed by atoms with Gasteiger partial charge in [-0.2, -0.15) is 5.26 Å². The SMILES string of the molecule is N#Cc1ccccc1NC(=O)C(=O)N1CCCC1. The van der Waals surface area contributed by atoms with Crippen LogP contribution in [0, 0.1) is 11.3 Å². The third kappa shape index (κ3) is 2.48. The Bertz CT molecular complexity index is 513. The molecule has 92 valence electrons. The zero-order valence-electron chi connectivity index (χ0n) is 9.85. The van der Waals surface area contributed by atoms with E-state index in [0.29, 0.717) is 24.3 Å². The van der Waals surface area contributed by atoms with Gasteiger partial charge in [-0.05, 0) is 25.0 Å². The summed E-state index contributed by atoms with van der Waals surface area (Å²) in [5, 5.41) is 11.4. The van der Waals surface area contributed by atoms with E-state index in [2.05, 4.69) is 5.32 Å². The van der Waals surface area contributed by atoms with Crippen molar-refractivity contribution < 1.29 is 9.59 Å². The Kier molecular flexibility index (Phi) is 3.58. The van der Waals surface area contributed by atoms with Gasteiger partial charge in [0.2, 0.25) is 0 Å². The summed E-state index contributed by atoms with van der Waals surface area (Å²) in [5.74, 6) is -1.21. The topological polar surface area (TPSA) is 73.2 Å². The second kappa shape index (κ2) is 5.32. The minimum atomic E-state index is -0.681. The lowest BCUT2D eigenvalue weighted by Crippen LogP contribution is -2.37. The third-order valence-electron chi connectivity index (χ3n) is 2.88. The predicted molar refractivity (Wildman–Crippen MR) is 65.6 cm³/mol. The van der Waals surface area contributed by atoms with Crippen molar-refractivity contribution in [2.24, 2.45) is 0 Å². The number of benzene rings is 1. The van der Waals surface area contributed by atoms with Crippen molar-refractivity contribution in [1.82, 2.24) is 4.90 Å². The lowest BCUT2D eigenvalue weighted by atomic mass is 10.2. The lowest BCUT2D eigenvalue weighted by Gasteiger charge is -2.14. The fraction of sp³-hybridized carbons (Fsp3) is 0.308. The van der Waals surface area contributed by atoms with E-state index in [-0.39, 0.29) is 0 Å². The Hall–Kier alpha value is -2.35. The highest BCUT2D eigenvalue weighted by Crippen LogP contribution is 2.14. The monoisotopic (exact) mass is 243 g/mol. The van der Waals surface area contributed by atoms with Gasteiger partial charge in [-0.3, -0.25) is 9.59 Å². The molecule has 18 heavy (non-hydrogen) atoms. The van der Waals surface area contributed by atoms with Gasteiger partial charge in [0.15, 0.2) is 0 Å². The van der Waals surface area contributed by atoms with Crippen LogP contribution in [0.2, 0.25) is 0 Å².